The Hall–Kier alpha value is -2.63. The van der Waals surface area contributed by atoms with Gasteiger partial charge in [-0.15, -0.1) is 0 Å². The maximum atomic E-state index is 11.8. The molecule has 4 rings (SSSR count). The van der Waals surface area contributed by atoms with E-state index in [1.165, 1.54) is 0 Å². The summed E-state index contributed by atoms with van der Waals surface area (Å²) in [5, 5.41) is 1.71. The molecule has 0 spiro atoms. The lowest BCUT2D eigenvalue weighted by Crippen LogP contribution is -2.39. The zero-order chi connectivity index (χ0) is 19.7. The molecule has 1 aromatic heterocycles. The van der Waals surface area contributed by atoms with Gasteiger partial charge < -0.3 is 10.5 Å². The lowest BCUT2D eigenvalue weighted by Gasteiger charge is -2.23. The highest BCUT2D eigenvalue weighted by molar-refractivity contribution is 6.30. The summed E-state index contributed by atoms with van der Waals surface area (Å²) in [4.78, 5) is 18.9. The third-order valence-electron chi connectivity index (χ3n) is 5.29. The quantitative estimate of drug-likeness (QED) is 0.708. The number of aromatic nitrogens is 1. The topological polar surface area (TPSA) is 68.5 Å². The first kappa shape index (κ1) is 18.7. The van der Waals surface area contributed by atoms with Crippen LogP contribution in [0.15, 0.2) is 48.5 Å². The predicted molar refractivity (Wildman–Crippen MR) is 111 cm³/mol. The summed E-state index contributed by atoms with van der Waals surface area (Å²) in [7, 11) is 1.65. The van der Waals surface area contributed by atoms with E-state index in [2.05, 4.69) is 11.0 Å². The van der Waals surface area contributed by atoms with E-state index in [1.54, 1.807) is 7.11 Å². The third-order valence-corrected chi connectivity index (χ3v) is 5.54. The van der Waals surface area contributed by atoms with E-state index >= 15 is 0 Å². The van der Waals surface area contributed by atoms with Gasteiger partial charge in [0.05, 0.1) is 24.4 Å². The number of primary amides is 1. The van der Waals surface area contributed by atoms with Crippen molar-refractivity contribution >= 4 is 28.4 Å². The van der Waals surface area contributed by atoms with Gasteiger partial charge in [-0.2, -0.15) is 0 Å². The molecule has 2 N–H and O–H groups in total. The Bertz CT molecular complexity index is 1020. The summed E-state index contributed by atoms with van der Waals surface area (Å²) in [6.07, 6.45) is 1.78. The number of halogens is 1. The van der Waals surface area contributed by atoms with Crippen LogP contribution in [0.5, 0.6) is 5.75 Å². The van der Waals surface area contributed by atoms with Crippen molar-refractivity contribution in [1.82, 2.24) is 9.88 Å². The molecule has 0 saturated carbocycles. The monoisotopic (exact) mass is 395 g/mol. The number of carbonyl (C=O) groups excluding carboxylic acids is 1. The largest absolute Gasteiger partial charge is 0.497 e. The SMILES string of the molecule is COc1ccc2cc(CN3CCC[C@@H]3C(N)=O)c(-c3ccc(Cl)cc3)nc2c1. The smallest absolute Gasteiger partial charge is 0.234 e. The fourth-order valence-corrected chi connectivity index (χ4v) is 3.98. The van der Waals surface area contributed by atoms with Crippen LogP contribution in [0.3, 0.4) is 0 Å². The first-order chi connectivity index (χ1) is 13.5. The van der Waals surface area contributed by atoms with Gasteiger partial charge in [0, 0.05) is 28.6 Å². The lowest BCUT2D eigenvalue weighted by atomic mass is 10.0. The summed E-state index contributed by atoms with van der Waals surface area (Å²) in [5.41, 5.74) is 9.40. The van der Waals surface area contributed by atoms with Crippen molar-refractivity contribution in [1.29, 1.82) is 0 Å². The van der Waals surface area contributed by atoms with Gasteiger partial charge in [0.1, 0.15) is 5.75 Å². The molecule has 28 heavy (non-hydrogen) atoms. The summed E-state index contributed by atoms with van der Waals surface area (Å²) < 4.78 is 5.34. The summed E-state index contributed by atoms with van der Waals surface area (Å²) in [6, 6.07) is 15.4. The van der Waals surface area contributed by atoms with Gasteiger partial charge in [-0.1, -0.05) is 23.7 Å². The maximum Gasteiger partial charge on any atom is 0.234 e. The number of nitrogens with two attached hydrogens (primary N) is 1. The van der Waals surface area contributed by atoms with Gasteiger partial charge in [0.2, 0.25) is 5.91 Å². The van der Waals surface area contributed by atoms with Crippen LogP contribution in [-0.2, 0) is 11.3 Å². The maximum absolute atomic E-state index is 11.8. The standard InChI is InChI=1S/C22H22ClN3O2/c1-28-18-9-6-15-11-16(13-26-10-2-3-20(26)22(24)27)21(25-19(15)12-18)14-4-7-17(23)8-5-14/h4-9,11-12,20H,2-3,10,13H2,1H3,(H2,24,27)/t20-/m1/s1. The Kier molecular flexibility index (Phi) is 5.20. The van der Waals surface area contributed by atoms with Crippen LogP contribution in [0.2, 0.25) is 5.02 Å². The van der Waals surface area contributed by atoms with Gasteiger partial charge >= 0.3 is 0 Å². The van der Waals surface area contributed by atoms with Gasteiger partial charge in [-0.3, -0.25) is 9.69 Å². The van der Waals surface area contributed by atoms with Crippen molar-refractivity contribution in [3.63, 3.8) is 0 Å². The fourth-order valence-electron chi connectivity index (χ4n) is 3.85. The van der Waals surface area contributed by atoms with E-state index < -0.39 is 0 Å². The number of ether oxygens (including phenoxy) is 1. The number of nitrogens with zero attached hydrogens (tertiary/aromatic N) is 2. The Morgan fingerprint density at radius 1 is 1.25 bits per heavy atom. The molecule has 2 aromatic carbocycles. The van der Waals surface area contributed by atoms with Crippen molar-refractivity contribution < 1.29 is 9.53 Å². The van der Waals surface area contributed by atoms with Crippen LogP contribution in [-0.4, -0.2) is 35.5 Å². The number of likely N-dealkylation sites (tertiary alicyclic amines) is 1. The van der Waals surface area contributed by atoms with E-state index in [9.17, 15) is 4.79 Å². The fraction of sp³-hybridized carbons (Fsp3) is 0.273. The highest BCUT2D eigenvalue weighted by atomic mass is 35.5. The molecule has 1 amide bonds. The first-order valence-corrected chi connectivity index (χ1v) is 9.70. The van der Waals surface area contributed by atoms with Crippen LogP contribution in [0, 0.1) is 0 Å². The summed E-state index contributed by atoms with van der Waals surface area (Å²) >= 11 is 6.07. The second-order valence-electron chi connectivity index (χ2n) is 7.09. The second kappa shape index (κ2) is 7.78. The van der Waals surface area contributed by atoms with E-state index in [0.29, 0.717) is 11.6 Å². The third kappa shape index (κ3) is 3.68. The van der Waals surface area contributed by atoms with E-state index in [0.717, 1.165) is 52.9 Å². The number of rotatable bonds is 5. The molecule has 0 aliphatic carbocycles. The van der Waals surface area contributed by atoms with E-state index in [4.69, 9.17) is 27.1 Å². The van der Waals surface area contributed by atoms with Crippen LogP contribution in [0.25, 0.3) is 22.2 Å². The minimum Gasteiger partial charge on any atom is -0.497 e. The lowest BCUT2D eigenvalue weighted by molar-refractivity contribution is -0.122. The van der Waals surface area contributed by atoms with E-state index in [-0.39, 0.29) is 11.9 Å². The summed E-state index contributed by atoms with van der Waals surface area (Å²) in [5.74, 6) is 0.507. The molecular formula is C22H22ClN3O2. The Labute approximate surface area is 169 Å². The van der Waals surface area contributed by atoms with Gasteiger partial charge in [0.15, 0.2) is 0 Å². The van der Waals surface area contributed by atoms with Crippen LogP contribution in [0.1, 0.15) is 18.4 Å². The van der Waals surface area contributed by atoms with Crippen molar-refractivity contribution in [3.05, 3.63) is 59.1 Å². The minimum atomic E-state index is -0.260. The van der Waals surface area contributed by atoms with Crippen molar-refractivity contribution in [2.75, 3.05) is 13.7 Å². The predicted octanol–water partition coefficient (Wildman–Crippen LogP) is 4.01. The zero-order valence-corrected chi connectivity index (χ0v) is 16.4. The molecule has 1 aliphatic heterocycles. The number of hydrogen-bond acceptors (Lipinski definition) is 4. The number of pyridine rings is 1. The minimum absolute atomic E-state index is 0.218. The highest BCUT2D eigenvalue weighted by Crippen LogP contribution is 2.31. The highest BCUT2D eigenvalue weighted by Gasteiger charge is 2.29. The number of hydrogen-bond donors (Lipinski definition) is 1. The van der Waals surface area contributed by atoms with Gasteiger partial charge in [0.25, 0.3) is 0 Å². The van der Waals surface area contributed by atoms with Crippen molar-refractivity contribution in [3.8, 4) is 17.0 Å². The average Bonchev–Trinajstić information content (AvgIpc) is 3.16. The first-order valence-electron chi connectivity index (χ1n) is 9.32. The Balaban J connectivity index is 1.81. The van der Waals surface area contributed by atoms with Crippen LogP contribution < -0.4 is 10.5 Å². The van der Waals surface area contributed by atoms with E-state index in [1.807, 2.05) is 42.5 Å². The number of amides is 1. The van der Waals surface area contributed by atoms with Crippen LogP contribution >= 0.6 is 11.6 Å². The molecule has 3 aromatic rings. The molecule has 0 radical (unpaired) electrons. The zero-order valence-electron chi connectivity index (χ0n) is 15.7. The summed E-state index contributed by atoms with van der Waals surface area (Å²) in [6.45, 7) is 1.48. The Morgan fingerprint density at radius 2 is 2.04 bits per heavy atom. The molecule has 1 saturated heterocycles. The average molecular weight is 396 g/mol. The molecule has 0 unspecified atom stereocenters. The molecule has 2 heterocycles. The number of benzene rings is 2. The number of methoxy groups -OCH3 is 1. The normalized spacial score (nSPS) is 17.1. The van der Waals surface area contributed by atoms with Gasteiger partial charge in [-0.05, 0) is 55.3 Å². The number of fused-ring (bicyclic) bond motifs is 1. The molecule has 1 atom stereocenters. The van der Waals surface area contributed by atoms with Crippen molar-refractivity contribution in [2.24, 2.45) is 5.73 Å². The van der Waals surface area contributed by atoms with Crippen molar-refractivity contribution in [2.45, 2.75) is 25.4 Å². The second-order valence-corrected chi connectivity index (χ2v) is 7.53. The molecule has 0 bridgehead atoms. The molecule has 5 nitrogen and oxygen atoms in total. The molecule has 6 heteroatoms. The molecule has 144 valence electrons. The molecule has 1 aliphatic rings. The van der Waals surface area contributed by atoms with Gasteiger partial charge in [-0.25, -0.2) is 4.98 Å². The number of carbonyl (C=O) groups is 1. The molecular weight excluding hydrogens is 374 g/mol. The molecule has 1 fully saturated rings. The van der Waals surface area contributed by atoms with Crippen LogP contribution in [0.4, 0.5) is 0 Å². The Morgan fingerprint density at radius 3 is 2.75 bits per heavy atom.